The molecule has 21 heavy (non-hydrogen) atoms. The van der Waals surface area contributed by atoms with Gasteiger partial charge >= 0.3 is 12.1 Å². The average Bonchev–Trinajstić information content (AvgIpc) is 2.37. The molecule has 1 aromatic carbocycles. The molecule has 0 saturated carbocycles. The fraction of sp³-hybridized carbons (Fsp3) is 0.385. The fourth-order valence-corrected chi connectivity index (χ4v) is 1.92. The molecule has 0 fully saturated rings. The van der Waals surface area contributed by atoms with Crippen molar-refractivity contribution in [1.82, 2.24) is 5.32 Å². The molecule has 1 N–H and O–H groups in total. The Morgan fingerprint density at radius 2 is 2.00 bits per heavy atom. The van der Waals surface area contributed by atoms with Crippen molar-refractivity contribution in [3.63, 3.8) is 0 Å². The lowest BCUT2D eigenvalue weighted by molar-refractivity contribution is -0.143. The highest BCUT2D eigenvalue weighted by Gasteiger charge is 2.35. The van der Waals surface area contributed by atoms with Crippen LogP contribution in [-0.4, -0.2) is 25.0 Å². The predicted molar refractivity (Wildman–Crippen MR) is 72.7 cm³/mol. The molecule has 1 amide bonds. The fourth-order valence-electron chi connectivity index (χ4n) is 1.56. The largest absolute Gasteiger partial charge is 0.466 e. The van der Waals surface area contributed by atoms with Crippen LogP contribution in [0.2, 0.25) is 0 Å². The van der Waals surface area contributed by atoms with Crippen LogP contribution in [0.1, 0.15) is 29.3 Å². The SMILES string of the molecule is CCOC(=O)CCNC(=O)c1ccc(Br)cc1C(F)(F)F. The van der Waals surface area contributed by atoms with Crippen molar-refractivity contribution in [3.8, 4) is 0 Å². The standard InChI is InChI=1S/C13H13BrF3NO3/c1-2-21-11(19)5-6-18-12(20)9-4-3-8(14)7-10(9)13(15,16)17/h3-4,7H,2,5-6H2,1H3,(H,18,20). The van der Waals surface area contributed by atoms with Crippen LogP contribution in [0.3, 0.4) is 0 Å². The van der Waals surface area contributed by atoms with E-state index >= 15 is 0 Å². The van der Waals surface area contributed by atoms with E-state index in [0.717, 1.165) is 12.1 Å². The summed E-state index contributed by atoms with van der Waals surface area (Å²) < 4.78 is 43.5. The van der Waals surface area contributed by atoms with Gasteiger partial charge in [0.2, 0.25) is 0 Å². The Hall–Kier alpha value is -1.57. The Bertz CT molecular complexity index is 532. The quantitative estimate of drug-likeness (QED) is 0.813. The molecular formula is C13H13BrF3NO3. The number of amides is 1. The Morgan fingerprint density at radius 1 is 1.33 bits per heavy atom. The number of carbonyl (C=O) groups is 2. The van der Waals surface area contributed by atoms with Crippen molar-refractivity contribution in [1.29, 1.82) is 0 Å². The molecular weight excluding hydrogens is 355 g/mol. The third-order valence-corrected chi connectivity index (χ3v) is 2.94. The number of hydrogen-bond donors (Lipinski definition) is 1. The van der Waals surface area contributed by atoms with Crippen LogP contribution < -0.4 is 5.32 Å². The molecule has 0 unspecified atom stereocenters. The van der Waals surface area contributed by atoms with Crippen LogP contribution in [-0.2, 0) is 15.7 Å². The summed E-state index contributed by atoms with van der Waals surface area (Å²) in [4.78, 5) is 22.9. The first kappa shape index (κ1) is 17.5. The molecule has 0 atom stereocenters. The van der Waals surface area contributed by atoms with Crippen LogP contribution in [0.15, 0.2) is 22.7 Å². The summed E-state index contributed by atoms with van der Waals surface area (Å²) in [5.41, 5.74) is -1.53. The Morgan fingerprint density at radius 3 is 2.57 bits per heavy atom. The third-order valence-electron chi connectivity index (χ3n) is 2.45. The van der Waals surface area contributed by atoms with Gasteiger partial charge in [-0.2, -0.15) is 13.2 Å². The van der Waals surface area contributed by atoms with Gasteiger partial charge in [0, 0.05) is 11.0 Å². The van der Waals surface area contributed by atoms with Gasteiger partial charge in [0.1, 0.15) is 0 Å². The Kier molecular flexibility index (Phi) is 6.19. The maximum absolute atomic E-state index is 12.9. The first-order chi connectivity index (χ1) is 9.75. The minimum atomic E-state index is -4.64. The van der Waals surface area contributed by atoms with Gasteiger partial charge < -0.3 is 10.1 Å². The molecule has 0 aromatic heterocycles. The van der Waals surface area contributed by atoms with Crippen LogP contribution in [0.25, 0.3) is 0 Å². The van der Waals surface area contributed by atoms with Crippen molar-refractivity contribution in [2.45, 2.75) is 19.5 Å². The van der Waals surface area contributed by atoms with Crippen LogP contribution in [0.4, 0.5) is 13.2 Å². The summed E-state index contributed by atoms with van der Waals surface area (Å²) in [6, 6.07) is 3.25. The molecule has 116 valence electrons. The number of alkyl halides is 3. The number of nitrogens with one attached hydrogen (secondary N) is 1. The number of halogens is 4. The first-order valence-electron chi connectivity index (χ1n) is 6.06. The predicted octanol–water partition coefficient (Wildman–Crippen LogP) is 3.15. The summed E-state index contributed by atoms with van der Waals surface area (Å²) in [6.45, 7) is 1.75. The lowest BCUT2D eigenvalue weighted by Crippen LogP contribution is -2.28. The lowest BCUT2D eigenvalue weighted by atomic mass is 10.1. The van der Waals surface area contributed by atoms with Crippen LogP contribution in [0, 0.1) is 0 Å². The topological polar surface area (TPSA) is 55.4 Å². The van der Waals surface area contributed by atoms with Gasteiger partial charge in [-0.3, -0.25) is 9.59 Å². The van der Waals surface area contributed by atoms with E-state index in [0.29, 0.717) is 0 Å². The van der Waals surface area contributed by atoms with E-state index in [9.17, 15) is 22.8 Å². The second-order valence-electron chi connectivity index (χ2n) is 4.00. The van der Waals surface area contributed by atoms with Gasteiger partial charge in [0.25, 0.3) is 5.91 Å². The van der Waals surface area contributed by atoms with Crippen LogP contribution in [0.5, 0.6) is 0 Å². The van der Waals surface area contributed by atoms with Crippen LogP contribution >= 0.6 is 15.9 Å². The molecule has 0 heterocycles. The van der Waals surface area contributed by atoms with E-state index in [2.05, 4.69) is 26.0 Å². The number of hydrogen-bond acceptors (Lipinski definition) is 3. The number of carbonyl (C=O) groups excluding carboxylic acids is 2. The van der Waals surface area contributed by atoms with Gasteiger partial charge in [0.15, 0.2) is 0 Å². The molecule has 0 saturated heterocycles. The first-order valence-corrected chi connectivity index (χ1v) is 6.85. The van der Waals surface area contributed by atoms with Gasteiger partial charge in [-0.1, -0.05) is 15.9 Å². The Labute approximate surface area is 127 Å². The molecule has 1 aromatic rings. The molecule has 0 spiro atoms. The van der Waals surface area contributed by atoms with Gasteiger partial charge in [-0.15, -0.1) is 0 Å². The van der Waals surface area contributed by atoms with Crippen molar-refractivity contribution in [2.24, 2.45) is 0 Å². The highest BCUT2D eigenvalue weighted by Crippen LogP contribution is 2.33. The summed E-state index contributed by atoms with van der Waals surface area (Å²) >= 11 is 2.93. The number of rotatable bonds is 5. The van der Waals surface area contributed by atoms with Gasteiger partial charge in [0.05, 0.1) is 24.2 Å². The zero-order valence-corrected chi connectivity index (χ0v) is 12.7. The zero-order valence-electron chi connectivity index (χ0n) is 11.1. The zero-order chi connectivity index (χ0) is 16.0. The second kappa shape index (κ2) is 7.44. The van der Waals surface area contributed by atoms with Crippen molar-refractivity contribution in [2.75, 3.05) is 13.2 Å². The van der Waals surface area contributed by atoms with Gasteiger partial charge in [-0.05, 0) is 25.1 Å². The molecule has 0 aliphatic rings. The number of ether oxygens (including phenoxy) is 1. The molecule has 8 heteroatoms. The molecule has 1 rings (SSSR count). The molecule has 0 aliphatic carbocycles. The van der Waals surface area contributed by atoms with E-state index in [-0.39, 0.29) is 24.0 Å². The molecule has 4 nitrogen and oxygen atoms in total. The van der Waals surface area contributed by atoms with Gasteiger partial charge in [-0.25, -0.2) is 0 Å². The van der Waals surface area contributed by atoms with Crippen molar-refractivity contribution in [3.05, 3.63) is 33.8 Å². The minimum Gasteiger partial charge on any atom is -0.466 e. The molecule has 0 radical (unpaired) electrons. The third kappa shape index (κ3) is 5.37. The smallest absolute Gasteiger partial charge is 0.417 e. The van der Waals surface area contributed by atoms with E-state index in [4.69, 9.17) is 0 Å². The number of benzene rings is 1. The van der Waals surface area contributed by atoms with Crippen molar-refractivity contribution >= 4 is 27.8 Å². The summed E-state index contributed by atoms with van der Waals surface area (Å²) in [5, 5.41) is 2.27. The summed E-state index contributed by atoms with van der Waals surface area (Å²) in [7, 11) is 0. The maximum atomic E-state index is 12.9. The summed E-state index contributed by atoms with van der Waals surface area (Å²) in [5.74, 6) is -1.41. The average molecular weight is 368 g/mol. The number of esters is 1. The highest BCUT2D eigenvalue weighted by atomic mass is 79.9. The normalized spacial score (nSPS) is 11.1. The second-order valence-corrected chi connectivity index (χ2v) is 4.91. The Balaban J connectivity index is 2.77. The van der Waals surface area contributed by atoms with E-state index < -0.39 is 29.2 Å². The monoisotopic (exact) mass is 367 g/mol. The molecule has 0 bridgehead atoms. The highest BCUT2D eigenvalue weighted by molar-refractivity contribution is 9.10. The summed E-state index contributed by atoms with van der Waals surface area (Å²) in [6.07, 6.45) is -4.74. The maximum Gasteiger partial charge on any atom is 0.417 e. The van der Waals surface area contributed by atoms with E-state index in [1.165, 1.54) is 6.07 Å². The molecule has 0 aliphatic heterocycles. The van der Waals surface area contributed by atoms with E-state index in [1.54, 1.807) is 6.92 Å². The minimum absolute atomic E-state index is 0.0922. The lowest BCUT2D eigenvalue weighted by Gasteiger charge is -2.13. The van der Waals surface area contributed by atoms with Crippen molar-refractivity contribution < 1.29 is 27.5 Å². The van der Waals surface area contributed by atoms with E-state index in [1.807, 2.05) is 0 Å².